The zero-order valence-corrected chi connectivity index (χ0v) is 12.4. The van der Waals surface area contributed by atoms with E-state index in [4.69, 9.17) is 23.7 Å². The molecule has 0 saturated heterocycles. The molecule has 1 heterocycles. The number of nitrogens with zero attached hydrogens (tertiary/aromatic N) is 2. The number of rotatable bonds is 5. The molecule has 1 aliphatic rings. The Morgan fingerprint density at radius 2 is 2.10 bits per heavy atom. The van der Waals surface area contributed by atoms with Crippen molar-refractivity contribution < 1.29 is 4.79 Å². The van der Waals surface area contributed by atoms with E-state index in [-0.39, 0.29) is 18.5 Å². The van der Waals surface area contributed by atoms with Gasteiger partial charge in [0.2, 0.25) is 5.91 Å². The van der Waals surface area contributed by atoms with Crippen LogP contribution in [0.3, 0.4) is 0 Å². The SMILES string of the molecule is Cc1ccnc(N(CC(N)=O)C2CCCC2)c1C(N)=S. The van der Waals surface area contributed by atoms with Crippen molar-refractivity contribution in [1.29, 1.82) is 0 Å². The lowest BCUT2D eigenvalue weighted by atomic mass is 10.1. The summed E-state index contributed by atoms with van der Waals surface area (Å²) in [7, 11) is 0. The van der Waals surface area contributed by atoms with Gasteiger partial charge < -0.3 is 16.4 Å². The van der Waals surface area contributed by atoms with Gasteiger partial charge in [-0.3, -0.25) is 4.79 Å². The van der Waals surface area contributed by atoms with Crippen molar-refractivity contribution in [2.75, 3.05) is 11.4 Å². The van der Waals surface area contributed by atoms with Crippen LogP contribution in [0.15, 0.2) is 12.3 Å². The summed E-state index contributed by atoms with van der Waals surface area (Å²) in [6.07, 6.45) is 6.12. The van der Waals surface area contributed by atoms with E-state index in [0.717, 1.165) is 36.8 Å². The number of thiocarbonyl (C=S) groups is 1. The summed E-state index contributed by atoms with van der Waals surface area (Å²) in [5.41, 5.74) is 12.9. The summed E-state index contributed by atoms with van der Waals surface area (Å²) in [5, 5.41) is 0. The average molecular weight is 292 g/mol. The minimum absolute atomic E-state index is 0.150. The third kappa shape index (κ3) is 3.07. The first-order valence-corrected chi connectivity index (χ1v) is 7.22. The molecule has 1 amide bonds. The first kappa shape index (κ1) is 14.7. The van der Waals surface area contributed by atoms with Gasteiger partial charge in [-0.15, -0.1) is 0 Å². The Balaban J connectivity index is 2.44. The van der Waals surface area contributed by atoms with Crippen molar-refractivity contribution in [3.05, 3.63) is 23.4 Å². The predicted octanol–water partition coefficient (Wildman–Crippen LogP) is 1.26. The number of anilines is 1. The molecule has 1 aromatic rings. The number of carbonyl (C=O) groups is 1. The number of aryl methyl sites for hydroxylation is 1. The van der Waals surface area contributed by atoms with Crippen LogP contribution in [0, 0.1) is 6.92 Å². The van der Waals surface area contributed by atoms with E-state index in [1.54, 1.807) is 6.20 Å². The second kappa shape index (κ2) is 6.17. The van der Waals surface area contributed by atoms with Crippen LogP contribution >= 0.6 is 12.2 Å². The number of nitrogens with two attached hydrogens (primary N) is 2. The molecule has 0 aromatic carbocycles. The number of primary amides is 1. The lowest BCUT2D eigenvalue weighted by molar-refractivity contribution is -0.116. The monoisotopic (exact) mass is 292 g/mol. The van der Waals surface area contributed by atoms with Crippen LogP contribution in [0.4, 0.5) is 5.82 Å². The molecule has 20 heavy (non-hydrogen) atoms. The van der Waals surface area contributed by atoms with E-state index < -0.39 is 0 Å². The Labute approximate surface area is 124 Å². The molecule has 4 N–H and O–H groups in total. The molecule has 0 spiro atoms. The Kier molecular flexibility index (Phi) is 4.54. The van der Waals surface area contributed by atoms with E-state index in [1.807, 2.05) is 17.9 Å². The highest BCUT2D eigenvalue weighted by Crippen LogP contribution is 2.30. The van der Waals surface area contributed by atoms with Gasteiger partial charge in [0.25, 0.3) is 0 Å². The molecule has 0 atom stereocenters. The van der Waals surface area contributed by atoms with Crippen molar-refractivity contribution in [3.63, 3.8) is 0 Å². The maximum absolute atomic E-state index is 11.4. The van der Waals surface area contributed by atoms with Gasteiger partial charge in [-0.2, -0.15) is 0 Å². The van der Waals surface area contributed by atoms with E-state index in [0.29, 0.717) is 10.8 Å². The van der Waals surface area contributed by atoms with E-state index in [2.05, 4.69) is 4.98 Å². The van der Waals surface area contributed by atoms with Crippen LogP contribution in [0.25, 0.3) is 0 Å². The summed E-state index contributed by atoms with van der Waals surface area (Å²) in [4.78, 5) is 18.1. The zero-order chi connectivity index (χ0) is 14.7. The molecular weight excluding hydrogens is 272 g/mol. The molecule has 0 radical (unpaired) electrons. The van der Waals surface area contributed by atoms with E-state index >= 15 is 0 Å². The molecule has 2 rings (SSSR count). The molecule has 0 bridgehead atoms. The summed E-state index contributed by atoms with van der Waals surface area (Å²) in [6.45, 7) is 2.09. The molecule has 108 valence electrons. The number of carbonyl (C=O) groups excluding carboxylic acids is 1. The standard InChI is InChI=1S/C14H20N4OS/c1-9-6-7-17-14(12(9)13(16)20)18(8-11(15)19)10-4-2-3-5-10/h6-7,10H,2-5,8H2,1H3,(H2,15,19)(H2,16,20). The van der Waals surface area contributed by atoms with Gasteiger partial charge in [0.15, 0.2) is 0 Å². The molecule has 1 fully saturated rings. The fourth-order valence-corrected chi connectivity index (χ4v) is 3.08. The zero-order valence-electron chi connectivity index (χ0n) is 11.6. The van der Waals surface area contributed by atoms with Crippen molar-refractivity contribution in [3.8, 4) is 0 Å². The Hall–Kier alpha value is -1.69. The van der Waals surface area contributed by atoms with Gasteiger partial charge in [0.05, 0.1) is 12.1 Å². The van der Waals surface area contributed by atoms with E-state index in [9.17, 15) is 4.79 Å². The van der Waals surface area contributed by atoms with Crippen molar-refractivity contribution in [2.24, 2.45) is 11.5 Å². The Morgan fingerprint density at radius 3 is 2.65 bits per heavy atom. The van der Waals surface area contributed by atoms with Crippen molar-refractivity contribution in [1.82, 2.24) is 4.98 Å². The van der Waals surface area contributed by atoms with Crippen LogP contribution in [0.1, 0.15) is 36.8 Å². The summed E-state index contributed by atoms with van der Waals surface area (Å²) in [5.74, 6) is 0.317. The smallest absolute Gasteiger partial charge is 0.237 e. The van der Waals surface area contributed by atoms with Gasteiger partial charge in [0.1, 0.15) is 10.8 Å². The molecule has 1 aliphatic carbocycles. The maximum Gasteiger partial charge on any atom is 0.237 e. The molecule has 6 heteroatoms. The van der Waals surface area contributed by atoms with Gasteiger partial charge >= 0.3 is 0 Å². The fraction of sp³-hybridized carbons (Fsp3) is 0.500. The number of amides is 1. The highest BCUT2D eigenvalue weighted by molar-refractivity contribution is 7.80. The molecule has 5 nitrogen and oxygen atoms in total. The fourth-order valence-electron chi connectivity index (χ4n) is 2.83. The molecule has 1 saturated carbocycles. The average Bonchev–Trinajstić information content (AvgIpc) is 2.88. The summed E-state index contributed by atoms with van der Waals surface area (Å²) in [6, 6.07) is 2.15. The first-order valence-electron chi connectivity index (χ1n) is 6.81. The van der Waals surface area contributed by atoms with Crippen LogP contribution < -0.4 is 16.4 Å². The second-order valence-electron chi connectivity index (χ2n) is 5.22. The molecular formula is C14H20N4OS. The van der Waals surface area contributed by atoms with Crippen LogP contribution in [-0.4, -0.2) is 28.5 Å². The van der Waals surface area contributed by atoms with Gasteiger partial charge in [-0.05, 0) is 31.4 Å². The van der Waals surface area contributed by atoms with Gasteiger partial charge in [-0.25, -0.2) is 4.98 Å². The Bertz CT molecular complexity index is 526. The number of hydrogen-bond donors (Lipinski definition) is 2. The number of pyridine rings is 1. The van der Waals surface area contributed by atoms with Crippen molar-refractivity contribution in [2.45, 2.75) is 38.6 Å². The van der Waals surface area contributed by atoms with Crippen LogP contribution in [0.5, 0.6) is 0 Å². The molecule has 0 aliphatic heterocycles. The largest absolute Gasteiger partial charge is 0.389 e. The highest BCUT2D eigenvalue weighted by atomic mass is 32.1. The topological polar surface area (TPSA) is 85.2 Å². The lowest BCUT2D eigenvalue weighted by Gasteiger charge is -2.30. The quantitative estimate of drug-likeness (QED) is 0.798. The Morgan fingerprint density at radius 1 is 1.45 bits per heavy atom. The third-order valence-corrected chi connectivity index (χ3v) is 3.95. The summed E-state index contributed by atoms with van der Waals surface area (Å²) < 4.78 is 0. The van der Waals surface area contributed by atoms with E-state index in [1.165, 1.54) is 0 Å². The third-order valence-electron chi connectivity index (χ3n) is 3.75. The second-order valence-corrected chi connectivity index (χ2v) is 5.66. The highest BCUT2D eigenvalue weighted by Gasteiger charge is 2.27. The molecule has 1 aromatic heterocycles. The van der Waals surface area contributed by atoms with Crippen LogP contribution in [0.2, 0.25) is 0 Å². The predicted molar refractivity (Wildman–Crippen MR) is 83.7 cm³/mol. The van der Waals surface area contributed by atoms with Gasteiger partial charge in [-0.1, -0.05) is 25.1 Å². The number of hydrogen-bond acceptors (Lipinski definition) is 4. The summed E-state index contributed by atoms with van der Waals surface area (Å²) >= 11 is 5.14. The van der Waals surface area contributed by atoms with Crippen molar-refractivity contribution >= 4 is 28.9 Å². The first-order chi connectivity index (χ1) is 9.50. The van der Waals surface area contributed by atoms with Gasteiger partial charge in [0, 0.05) is 12.2 Å². The normalized spacial score (nSPS) is 15.2. The number of aromatic nitrogens is 1. The minimum atomic E-state index is -0.367. The minimum Gasteiger partial charge on any atom is -0.389 e. The lowest BCUT2D eigenvalue weighted by Crippen LogP contribution is -2.42. The molecule has 0 unspecified atom stereocenters. The maximum atomic E-state index is 11.4. The van der Waals surface area contributed by atoms with Crippen LogP contribution in [-0.2, 0) is 4.79 Å².